The smallest absolute Gasteiger partial charge is 0.223 e. The second-order valence-electron chi connectivity index (χ2n) is 3.75. The molecule has 0 saturated heterocycles. The molecule has 0 aliphatic heterocycles. The standard InChI is InChI=1S/C11H22BrNO/c1-4-10(5-2)11(14)13-9(3)7-6-8-12/h9-10H,4-8H2,1-3H3,(H,13,14). The number of alkyl halides is 1. The third-order valence-electron chi connectivity index (χ3n) is 2.52. The van der Waals surface area contributed by atoms with E-state index in [1.807, 2.05) is 0 Å². The molecule has 0 aromatic carbocycles. The minimum Gasteiger partial charge on any atom is -0.353 e. The first-order chi connectivity index (χ1) is 6.65. The number of rotatable bonds is 7. The van der Waals surface area contributed by atoms with Gasteiger partial charge in [-0.25, -0.2) is 0 Å². The topological polar surface area (TPSA) is 29.1 Å². The summed E-state index contributed by atoms with van der Waals surface area (Å²) in [5.41, 5.74) is 0. The van der Waals surface area contributed by atoms with Gasteiger partial charge in [0.1, 0.15) is 0 Å². The molecule has 1 amide bonds. The maximum absolute atomic E-state index is 11.7. The molecule has 1 unspecified atom stereocenters. The minimum atomic E-state index is 0.196. The first kappa shape index (κ1) is 13.9. The van der Waals surface area contributed by atoms with E-state index in [0.717, 1.165) is 31.0 Å². The monoisotopic (exact) mass is 263 g/mol. The van der Waals surface area contributed by atoms with E-state index in [2.05, 4.69) is 42.0 Å². The van der Waals surface area contributed by atoms with Crippen LogP contribution in [0.3, 0.4) is 0 Å². The summed E-state index contributed by atoms with van der Waals surface area (Å²) >= 11 is 3.39. The average molecular weight is 264 g/mol. The number of amides is 1. The Hall–Kier alpha value is -0.0500. The van der Waals surface area contributed by atoms with Gasteiger partial charge < -0.3 is 5.32 Å². The highest BCUT2D eigenvalue weighted by atomic mass is 79.9. The minimum absolute atomic E-state index is 0.196. The number of carbonyl (C=O) groups is 1. The highest BCUT2D eigenvalue weighted by Gasteiger charge is 2.15. The molecule has 0 spiro atoms. The van der Waals surface area contributed by atoms with Gasteiger partial charge in [0, 0.05) is 17.3 Å². The quantitative estimate of drug-likeness (QED) is 0.703. The van der Waals surface area contributed by atoms with Crippen molar-refractivity contribution in [2.24, 2.45) is 5.92 Å². The van der Waals surface area contributed by atoms with Crippen molar-refractivity contribution in [2.45, 2.75) is 52.5 Å². The third-order valence-corrected chi connectivity index (χ3v) is 3.08. The first-order valence-electron chi connectivity index (χ1n) is 5.52. The Bertz CT molecular complexity index is 157. The molecule has 0 aliphatic carbocycles. The molecule has 2 nitrogen and oxygen atoms in total. The second kappa shape index (κ2) is 8.27. The van der Waals surface area contributed by atoms with Crippen molar-refractivity contribution in [2.75, 3.05) is 5.33 Å². The van der Waals surface area contributed by atoms with Crippen molar-refractivity contribution in [1.82, 2.24) is 5.32 Å². The van der Waals surface area contributed by atoms with E-state index >= 15 is 0 Å². The molecular weight excluding hydrogens is 242 g/mol. The summed E-state index contributed by atoms with van der Waals surface area (Å²) in [6, 6.07) is 0.306. The SMILES string of the molecule is CCC(CC)C(=O)NC(C)CCCBr. The maximum Gasteiger partial charge on any atom is 0.223 e. The lowest BCUT2D eigenvalue weighted by molar-refractivity contribution is -0.125. The molecule has 14 heavy (non-hydrogen) atoms. The zero-order chi connectivity index (χ0) is 11.0. The highest BCUT2D eigenvalue weighted by Crippen LogP contribution is 2.08. The van der Waals surface area contributed by atoms with Gasteiger partial charge in [-0.15, -0.1) is 0 Å². The number of halogens is 1. The molecule has 0 aromatic heterocycles. The molecule has 0 fully saturated rings. The molecule has 0 bridgehead atoms. The number of hydrogen-bond acceptors (Lipinski definition) is 1. The highest BCUT2D eigenvalue weighted by molar-refractivity contribution is 9.09. The van der Waals surface area contributed by atoms with Gasteiger partial charge in [0.25, 0.3) is 0 Å². The van der Waals surface area contributed by atoms with Crippen LogP contribution >= 0.6 is 15.9 Å². The number of carbonyl (C=O) groups excluding carboxylic acids is 1. The maximum atomic E-state index is 11.7. The van der Waals surface area contributed by atoms with Crippen LogP contribution in [0.5, 0.6) is 0 Å². The zero-order valence-corrected chi connectivity index (χ0v) is 11.1. The first-order valence-corrected chi connectivity index (χ1v) is 6.64. The Morgan fingerprint density at radius 1 is 1.36 bits per heavy atom. The van der Waals surface area contributed by atoms with Gasteiger partial charge >= 0.3 is 0 Å². The molecule has 3 heteroatoms. The molecule has 0 aromatic rings. The normalized spacial score (nSPS) is 12.9. The van der Waals surface area contributed by atoms with E-state index < -0.39 is 0 Å². The summed E-state index contributed by atoms with van der Waals surface area (Å²) in [5, 5.41) is 4.07. The summed E-state index contributed by atoms with van der Waals surface area (Å²) in [6.07, 6.45) is 4.04. The van der Waals surface area contributed by atoms with Gasteiger partial charge in [0.15, 0.2) is 0 Å². The molecule has 0 rings (SSSR count). The van der Waals surface area contributed by atoms with E-state index in [-0.39, 0.29) is 11.8 Å². The van der Waals surface area contributed by atoms with Crippen LogP contribution in [0, 0.1) is 5.92 Å². The summed E-state index contributed by atoms with van der Waals surface area (Å²) in [4.78, 5) is 11.7. The fourth-order valence-corrected chi connectivity index (χ4v) is 1.80. The van der Waals surface area contributed by atoms with Crippen molar-refractivity contribution in [3.05, 3.63) is 0 Å². The molecule has 1 N–H and O–H groups in total. The van der Waals surface area contributed by atoms with E-state index in [1.165, 1.54) is 0 Å². The summed E-state index contributed by atoms with van der Waals surface area (Å²) in [7, 11) is 0. The van der Waals surface area contributed by atoms with Crippen LogP contribution in [0.25, 0.3) is 0 Å². The van der Waals surface area contributed by atoms with Gasteiger partial charge in [0.2, 0.25) is 5.91 Å². The van der Waals surface area contributed by atoms with Crippen molar-refractivity contribution >= 4 is 21.8 Å². The molecule has 1 atom stereocenters. The second-order valence-corrected chi connectivity index (χ2v) is 4.55. The Balaban J connectivity index is 3.79. The molecule has 84 valence electrons. The Labute approximate surface area is 96.0 Å². The van der Waals surface area contributed by atoms with Crippen LogP contribution in [-0.4, -0.2) is 17.3 Å². The number of nitrogens with one attached hydrogen (secondary N) is 1. The largest absolute Gasteiger partial charge is 0.353 e. The van der Waals surface area contributed by atoms with Gasteiger partial charge in [-0.1, -0.05) is 29.8 Å². The van der Waals surface area contributed by atoms with Crippen LogP contribution in [0.4, 0.5) is 0 Å². The van der Waals surface area contributed by atoms with Crippen molar-refractivity contribution in [3.63, 3.8) is 0 Å². The third kappa shape index (κ3) is 5.63. The van der Waals surface area contributed by atoms with Crippen LogP contribution in [0.1, 0.15) is 46.5 Å². The lowest BCUT2D eigenvalue weighted by atomic mass is 10.0. The summed E-state index contributed by atoms with van der Waals surface area (Å²) in [6.45, 7) is 6.21. The molecular formula is C11H22BrNO. The predicted octanol–water partition coefficient (Wildman–Crippen LogP) is 3.10. The van der Waals surface area contributed by atoms with Crippen molar-refractivity contribution in [3.8, 4) is 0 Å². The fraction of sp³-hybridized carbons (Fsp3) is 0.909. The van der Waals surface area contributed by atoms with Gasteiger partial charge in [-0.3, -0.25) is 4.79 Å². The lowest BCUT2D eigenvalue weighted by Gasteiger charge is -2.17. The lowest BCUT2D eigenvalue weighted by Crippen LogP contribution is -2.36. The van der Waals surface area contributed by atoms with Gasteiger partial charge in [-0.2, -0.15) is 0 Å². The zero-order valence-electron chi connectivity index (χ0n) is 9.48. The van der Waals surface area contributed by atoms with Crippen LogP contribution in [0.2, 0.25) is 0 Å². The number of hydrogen-bond donors (Lipinski definition) is 1. The molecule has 0 radical (unpaired) electrons. The van der Waals surface area contributed by atoms with E-state index in [0.29, 0.717) is 6.04 Å². The van der Waals surface area contributed by atoms with Crippen molar-refractivity contribution < 1.29 is 4.79 Å². The van der Waals surface area contributed by atoms with Crippen molar-refractivity contribution in [1.29, 1.82) is 0 Å². The van der Waals surface area contributed by atoms with Crippen LogP contribution in [0.15, 0.2) is 0 Å². The molecule has 0 aliphatic rings. The van der Waals surface area contributed by atoms with E-state index in [1.54, 1.807) is 0 Å². The van der Waals surface area contributed by atoms with Gasteiger partial charge in [-0.05, 0) is 32.6 Å². The van der Waals surface area contributed by atoms with Crippen LogP contribution < -0.4 is 5.32 Å². The Kier molecular flexibility index (Phi) is 8.24. The molecule has 0 saturated carbocycles. The summed E-state index contributed by atoms with van der Waals surface area (Å²) < 4.78 is 0. The summed E-state index contributed by atoms with van der Waals surface area (Å²) in [5.74, 6) is 0.415. The average Bonchev–Trinajstić information content (AvgIpc) is 2.16. The molecule has 0 heterocycles. The van der Waals surface area contributed by atoms with Crippen LogP contribution in [-0.2, 0) is 4.79 Å². The van der Waals surface area contributed by atoms with E-state index in [4.69, 9.17) is 0 Å². The Morgan fingerprint density at radius 3 is 2.36 bits per heavy atom. The van der Waals surface area contributed by atoms with Gasteiger partial charge in [0.05, 0.1) is 0 Å². The predicted molar refractivity (Wildman–Crippen MR) is 64.7 cm³/mol. The van der Waals surface area contributed by atoms with E-state index in [9.17, 15) is 4.79 Å². The Morgan fingerprint density at radius 2 is 1.93 bits per heavy atom. The fourth-order valence-electron chi connectivity index (χ4n) is 1.48.